The number of carbonyl (C=O) groups excluding carboxylic acids is 5. The number of anilines is 8. The number of Topliss-reactive ketones (excluding diaryl/α,β-unsaturated/α-hetero) is 1. The van der Waals surface area contributed by atoms with Gasteiger partial charge in [0, 0.05) is 114 Å². The second-order valence-corrected chi connectivity index (χ2v) is 20.1. The van der Waals surface area contributed by atoms with Crippen molar-refractivity contribution in [2.24, 2.45) is 0 Å². The minimum atomic E-state index is -0.399. The highest BCUT2D eigenvalue weighted by molar-refractivity contribution is 5.95. The van der Waals surface area contributed by atoms with Crippen molar-refractivity contribution in [1.82, 2.24) is 55.2 Å². The molecule has 0 unspecified atom stereocenters. The van der Waals surface area contributed by atoms with Crippen LogP contribution < -0.4 is 49.9 Å². The fraction of sp³-hybridized carbons (Fsp3) is 0.157. The number of amides is 1. The van der Waals surface area contributed by atoms with Crippen LogP contribution in [0.5, 0.6) is 0 Å². The molecule has 0 saturated carbocycles. The van der Waals surface area contributed by atoms with Crippen molar-refractivity contribution in [2.75, 3.05) is 87.0 Å². The lowest BCUT2D eigenvalue weighted by Crippen LogP contribution is -2.17. The number of aldehydes is 1. The van der Waals surface area contributed by atoms with Crippen molar-refractivity contribution in [1.29, 1.82) is 0 Å². The summed E-state index contributed by atoms with van der Waals surface area (Å²) in [5.41, 5.74) is 42.1. The first-order valence-corrected chi connectivity index (χ1v) is 29.7. The highest BCUT2D eigenvalue weighted by Gasteiger charge is 2.11. The second-order valence-electron chi connectivity index (χ2n) is 20.1. The molecule has 5 aromatic carbocycles. The van der Waals surface area contributed by atoms with Crippen molar-refractivity contribution in [3.05, 3.63) is 203 Å². The van der Waals surface area contributed by atoms with Crippen LogP contribution in [-0.4, -0.2) is 122 Å². The molecule has 0 aliphatic carbocycles. The van der Waals surface area contributed by atoms with Crippen LogP contribution in [-0.2, 0) is 31.9 Å². The van der Waals surface area contributed by atoms with Gasteiger partial charge in [-0.25, -0.2) is 44.5 Å². The van der Waals surface area contributed by atoms with Crippen molar-refractivity contribution >= 4 is 89.3 Å². The van der Waals surface area contributed by atoms with Gasteiger partial charge in [0.15, 0.2) is 5.78 Å². The number of carbonyl (C=O) groups is 5. The average molecular weight is 1290 g/mol. The minimum Gasteiger partial charge on any atom is -0.466 e. The number of nitrogens with one attached hydrogen (secondary N) is 4. The number of benzene rings is 5. The molecule has 26 nitrogen and oxygen atoms in total. The fourth-order valence-corrected chi connectivity index (χ4v) is 8.50. The fourth-order valence-electron chi connectivity index (χ4n) is 8.50. The number of aromatic nitrogens is 10. The van der Waals surface area contributed by atoms with Gasteiger partial charge in [-0.3, -0.25) is 14.4 Å². The van der Waals surface area contributed by atoms with Crippen LogP contribution in [0, 0.1) is 0 Å². The largest absolute Gasteiger partial charge is 0.466 e. The van der Waals surface area contributed by atoms with Crippen LogP contribution in [0.15, 0.2) is 164 Å². The highest BCUT2D eigenvalue weighted by atomic mass is 16.5. The van der Waals surface area contributed by atoms with E-state index >= 15 is 0 Å². The standard InChI is InChI=1S/2C15H16N4O2.C14H16N4O.C13H14N4O.C13H13N3O/c1-17-13-9-12(18-15(16)19-13)11-6-3-10(4-7-11)5-8-14(20)21-2;1-17-13-9-12(18-15(16)19-13)11-5-3-4-10(8-11)6-7-14(20)21-2;1-3-11-8-12(18-14(15)17-11)9-4-6-10(7-5-9)13(19)16-2;1-8(18)9-3-5-10(6-4-9)11-7-12(15-2)17-13(14)16-11;1-2-11-7-12(16-13(14)15-11)10-5-3-9(8-17)4-6-10/h2*3-9H,1-2H3,(H3,16,17,18,19);4-8H,3H2,1-2H3,(H,16,19)(H2,15,17,18);3-7H,1-2H3,(H3,14,15,16,17);3-8H,2H2,1H3,(H2,14,15,16)/b8-5+;7-6+;;;. The zero-order chi connectivity index (χ0) is 69.7. The zero-order valence-corrected chi connectivity index (χ0v) is 54.5. The topological polar surface area (TPSA) is 411 Å². The molecule has 0 radical (unpaired) electrons. The first-order valence-electron chi connectivity index (χ1n) is 29.7. The molecule has 10 aromatic rings. The number of rotatable bonds is 17. The lowest BCUT2D eigenvalue weighted by molar-refractivity contribution is -0.135. The van der Waals surface area contributed by atoms with Crippen molar-refractivity contribution in [2.45, 2.75) is 33.6 Å². The number of ether oxygens (including phenoxy) is 2. The summed E-state index contributed by atoms with van der Waals surface area (Å²) < 4.78 is 9.10. The molecule has 0 aliphatic heterocycles. The Morgan fingerprint density at radius 2 is 0.750 bits per heavy atom. The number of esters is 2. The van der Waals surface area contributed by atoms with E-state index in [2.05, 4.69) is 80.6 Å². The number of aryl methyl sites for hydroxylation is 2. The van der Waals surface area contributed by atoms with Crippen LogP contribution in [0.4, 0.5) is 47.2 Å². The molecule has 5 aromatic heterocycles. The number of nitrogens with zero attached hydrogens (tertiary/aromatic N) is 10. The van der Waals surface area contributed by atoms with E-state index in [-0.39, 0.29) is 47.4 Å². The normalized spacial score (nSPS) is 10.3. The van der Waals surface area contributed by atoms with E-state index in [4.69, 9.17) is 28.7 Å². The second kappa shape index (κ2) is 36.2. The summed E-state index contributed by atoms with van der Waals surface area (Å²) in [5, 5.41) is 11.4. The van der Waals surface area contributed by atoms with Gasteiger partial charge < -0.3 is 59.4 Å². The molecule has 0 spiro atoms. The molecule has 492 valence electrons. The maximum absolute atomic E-state index is 11.5. The van der Waals surface area contributed by atoms with Crippen molar-refractivity contribution in [3.63, 3.8) is 0 Å². The van der Waals surface area contributed by atoms with Gasteiger partial charge in [-0.15, -0.1) is 0 Å². The van der Waals surface area contributed by atoms with E-state index < -0.39 is 5.97 Å². The number of hydrogen-bond acceptors (Lipinski definition) is 25. The van der Waals surface area contributed by atoms with Gasteiger partial charge in [-0.1, -0.05) is 117 Å². The van der Waals surface area contributed by atoms with Crippen LogP contribution in [0.1, 0.15) is 74.4 Å². The van der Waals surface area contributed by atoms with Crippen LogP contribution in [0.2, 0.25) is 0 Å². The summed E-state index contributed by atoms with van der Waals surface area (Å²) >= 11 is 0. The number of nitrogen functional groups attached to an aromatic ring is 5. The molecule has 0 saturated heterocycles. The predicted octanol–water partition coefficient (Wildman–Crippen LogP) is 9.63. The molecule has 26 heteroatoms. The van der Waals surface area contributed by atoms with Gasteiger partial charge >= 0.3 is 11.9 Å². The van der Waals surface area contributed by atoms with E-state index in [9.17, 15) is 24.0 Å². The maximum atomic E-state index is 11.5. The molecule has 1 amide bonds. The van der Waals surface area contributed by atoms with Crippen molar-refractivity contribution in [3.8, 4) is 56.3 Å². The number of ketones is 1. The minimum absolute atomic E-state index is 0.0414. The third-order valence-electron chi connectivity index (χ3n) is 13.5. The molecule has 0 bridgehead atoms. The Morgan fingerprint density at radius 1 is 0.406 bits per heavy atom. The molecular formula is C70H75N19O7. The zero-order valence-electron chi connectivity index (χ0n) is 54.5. The molecule has 0 atom stereocenters. The number of methoxy groups -OCH3 is 2. The van der Waals surface area contributed by atoms with E-state index in [1.165, 1.54) is 33.3 Å². The quantitative estimate of drug-likeness (QED) is 0.0177. The van der Waals surface area contributed by atoms with E-state index in [1.54, 1.807) is 88.9 Å². The smallest absolute Gasteiger partial charge is 0.330 e. The average Bonchev–Trinajstić information content (AvgIpc) is 1.07. The van der Waals surface area contributed by atoms with Crippen LogP contribution in [0.3, 0.4) is 0 Å². The lowest BCUT2D eigenvalue weighted by atomic mass is 10.1. The van der Waals surface area contributed by atoms with Crippen LogP contribution in [0.25, 0.3) is 68.4 Å². The summed E-state index contributed by atoms with van der Waals surface area (Å²) in [6, 6.07) is 46.1. The summed E-state index contributed by atoms with van der Waals surface area (Å²) in [7, 11) is 9.59. The van der Waals surface area contributed by atoms with Crippen LogP contribution >= 0.6 is 0 Å². The Balaban J connectivity index is 0.000000190. The molecule has 0 aliphatic rings. The van der Waals surface area contributed by atoms with E-state index in [1.807, 2.05) is 117 Å². The number of nitrogens with two attached hydrogens (primary N) is 5. The number of hydrogen-bond donors (Lipinski definition) is 9. The third kappa shape index (κ3) is 22.2. The molecule has 14 N–H and O–H groups in total. The Hall–Kier alpha value is -12.9. The molecule has 96 heavy (non-hydrogen) atoms. The Bertz CT molecular complexity index is 4340. The SMILES string of the molecule is CCc1cc(-c2ccc(C(=O)NC)cc2)nc(N)n1.CCc1cc(-c2ccc(C=O)cc2)nc(N)n1.CNc1cc(-c2ccc(/C=C/C(=O)OC)cc2)nc(N)n1.CNc1cc(-c2ccc(C(C)=O)cc2)nc(N)n1.CNc1cc(-c2cccc(/C=C/C(=O)OC)c2)nc(N)n1. The molecule has 5 heterocycles. The van der Waals surface area contributed by atoms with Gasteiger partial charge in [0.2, 0.25) is 29.7 Å². The summed E-state index contributed by atoms with van der Waals surface area (Å²) in [5.74, 6) is 2.29. The first kappa shape index (κ1) is 72.2. The van der Waals surface area contributed by atoms with Gasteiger partial charge in [0.1, 0.15) is 23.7 Å². The Labute approximate surface area is 555 Å². The first-order chi connectivity index (χ1) is 46.2. The maximum Gasteiger partial charge on any atom is 0.330 e. The Kier molecular flexibility index (Phi) is 27.3. The summed E-state index contributed by atoms with van der Waals surface area (Å²) in [6.07, 6.45) is 8.53. The summed E-state index contributed by atoms with van der Waals surface area (Å²) in [4.78, 5) is 96.7. The predicted molar refractivity (Wildman–Crippen MR) is 378 cm³/mol. The van der Waals surface area contributed by atoms with Gasteiger partial charge in [-0.2, -0.15) is 15.0 Å². The molecule has 10 rings (SSSR count). The highest BCUT2D eigenvalue weighted by Crippen LogP contribution is 2.26. The van der Waals surface area contributed by atoms with E-state index in [0.717, 1.165) is 92.2 Å². The van der Waals surface area contributed by atoms with Gasteiger partial charge in [0.25, 0.3) is 5.91 Å². The third-order valence-corrected chi connectivity index (χ3v) is 13.5. The molecule has 0 fully saturated rings. The van der Waals surface area contributed by atoms with Crippen molar-refractivity contribution < 1.29 is 33.4 Å². The lowest BCUT2D eigenvalue weighted by Gasteiger charge is -2.06. The summed E-state index contributed by atoms with van der Waals surface area (Å²) in [6.45, 7) is 5.57. The Morgan fingerprint density at radius 3 is 1.10 bits per heavy atom. The van der Waals surface area contributed by atoms with E-state index in [0.29, 0.717) is 39.8 Å². The van der Waals surface area contributed by atoms with Gasteiger partial charge in [-0.05, 0) is 73.4 Å². The monoisotopic (exact) mass is 1290 g/mol. The molecular weight excluding hydrogens is 1220 g/mol. The van der Waals surface area contributed by atoms with Gasteiger partial charge in [0.05, 0.1) is 42.7 Å².